The highest BCUT2D eigenvalue weighted by Crippen LogP contribution is 2.28. The van der Waals surface area contributed by atoms with Gasteiger partial charge in [-0.05, 0) is 30.3 Å². The molecule has 2 aromatic heterocycles. The minimum absolute atomic E-state index is 0.435. The van der Waals surface area contributed by atoms with Crippen LogP contribution in [0.3, 0.4) is 0 Å². The Morgan fingerprint density at radius 3 is 3.17 bits per heavy atom. The van der Waals surface area contributed by atoms with E-state index in [0.29, 0.717) is 17.6 Å². The van der Waals surface area contributed by atoms with Crippen LogP contribution in [0.15, 0.2) is 33.6 Å². The summed E-state index contributed by atoms with van der Waals surface area (Å²) in [7, 11) is 0. The topological polar surface area (TPSA) is 84.9 Å². The van der Waals surface area contributed by atoms with Crippen molar-refractivity contribution in [3.8, 4) is 10.4 Å². The number of nitrogens with zero attached hydrogens (tertiary/aromatic N) is 1. The van der Waals surface area contributed by atoms with Gasteiger partial charge in [-0.3, -0.25) is 4.98 Å². The summed E-state index contributed by atoms with van der Waals surface area (Å²) in [5.74, 6) is -0.435. The molecule has 0 radical (unpaired) electrons. The minimum Gasteiger partial charge on any atom is -0.408 e. The molecule has 3 N–H and O–H groups in total. The van der Waals surface area contributed by atoms with Gasteiger partial charge in [0.15, 0.2) is 5.58 Å². The normalized spacial score (nSPS) is 11.2. The van der Waals surface area contributed by atoms with Gasteiger partial charge in [0, 0.05) is 12.6 Å². The lowest BCUT2D eigenvalue weighted by atomic mass is 10.2. The standard InChI is InChI=1S/C12H11N3O2S/c13-4-3-11-14-6-10(18-11)7-1-2-9-8(5-7)15-12(16)17-9/h1-2,5-6H,3-4,13H2,(H,15,16). The van der Waals surface area contributed by atoms with Crippen LogP contribution in [0.5, 0.6) is 0 Å². The molecule has 2 heterocycles. The van der Waals surface area contributed by atoms with Crippen molar-refractivity contribution in [1.82, 2.24) is 9.97 Å². The molecule has 18 heavy (non-hydrogen) atoms. The van der Waals surface area contributed by atoms with E-state index in [0.717, 1.165) is 21.9 Å². The molecule has 92 valence electrons. The van der Waals surface area contributed by atoms with E-state index in [9.17, 15) is 4.79 Å². The molecule has 6 heteroatoms. The lowest BCUT2D eigenvalue weighted by molar-refractivity contribution is 0.555. The second-order valence-electron chi connectivity index (χ2n) is 3.88. The fraction of sp³-hybridized carbons (Fsp3) is 0.167. The third-order valence-corrected chi connectivity index (χ3v) is 3.72. The number of nitrogens with two attached hydrogens (primary N) is 1. The number of aromatic amines is 1. The molecule has 0 unspecified atom stereocenters. The zero-order valence-corrected chi connectivity index (χ0v) is 10.3. The number of hydrogen-bond donors (Lipinski definition) is 2. The van der Waals surface area contributed by atoms with Gasteiger partial charge in [-0.15, -0.1) is 11.3 Å². The van der Waals surface area contributed by atoms with Crippen molar-refractivity contribution in [1.29, 1.82) is 0 Å². The van der Waals surface area contributed by atoms with Gasteiger partial charge in [-0.25, -0.2) is 9.78 Å². The Hall–Kier alpha value is -1.92. The Morgan fingerprint density at radius 2 is 2.33 bits per heavy atom. The van der Waals surface area contributed by atoms with Crippen molar-refractivity contribution in [2.24, 2.45) is 5.73 Å². The van der Waals surface area contributed by atoms with E-state index in [1.54, 1.807) is 17.4 Å². The molecule has 1 aromatic carbocycles. The Kier molecular flexibility index (Phi) is 2.73. The third-order valence-electron chi connectivity index (χ3n) is 2.62. The maximum absolute atomic E-state index is 11.1. The highest BCUT2D eigenvalue weighted by molar-refractivity contribution is 7.15. The van der Waals surface area contributed by atoms with E-state index >= 15 is 0 Å². The molecule has 5 nitrogen and oxygen atoms in total. The molecule has 0 amide bonds. The molecular formula is C12H11N3O2S. The molecule has 3 aromatic rings. The quantitative estimate of drug-likeness (QED) is 0.752. The van der Waals surface area contributed by atoms with Gasteiger partial charge in [-0.1, -0.05) is 0 Å². The van der Waals surface area contributed by atoms with Gasteiger partial charge < -0.3 is 10.2 Å². The van der Waals surface area contributed by atoms with Crippen molar-refractivity contribution in [3.63, 3.8) is 0 Å². The number of benzene rings is 1. The summed E-state index contributed by atoms with van der Waals surface area (Å²) >= 11 is 1.61. The first-order valence-electron chi connectivity index (χ1n) is 5.54. The summed E-state index contributed by atoms with van der Waals surface area (Å²) in [4.78, 5) is 19.1. The number of aromatic nitrogens is 2. The van der Waals surface area contributed by atoms with E-state index < -0.39 is 5.76 Å². The third kappa shape index (κ3) is 1.96. The SMILES string of the molecule is NCCc1ncc(-c2ccc3oc(=O)[nH]c3c2)s1. The first-order valence-corrected chi connectivity index (χ1v) is 6.36. The van der Waals surface area contributed by atoms with Crippen molar-refractivity contribution in [2.45, 2.75) is 6.42 Å². The predicted octanol–water partition coefficient (Wildman–Crippen LogP) is 1.75. The summed E-state index contributed by atoms with van der Waals surface area (Å²) in [6.45, 7) is 0.598. The molecule has 3 rings (SSSR count). The summed E-state index contributed by atoms with van der Waals surface area (Å²) < 4.78 is 4.96. The molecule has 0 saturated carbocycles. The zero-order valence-electron chi connectivity index (χ0n) is 9.47. The average Bonchev–Trinajstić information content (AvgIpc) is 2.93. The van der Waals surface area contributed by atoms with Crippen LogP contribution in [-0.2, 0) is 6.42 Å². The minimum atomic E-state index is -0.435. The van der Waals surface area contributed by atoms with Crippen LogP contribution in [0, 0.1) is 0 Å². The van der Waals surface area contributed by atoms with Crippen molar-refractivity contribution < 1.29 is 4.42 Å². The number of nitrogens with one attached hydrogen (secondary N) is 1. The monoisotopic (exact) mass is 261 g/mol. The Bertz CT molecular complexity index is 741. The molecule has 0 spiro atoms. The van der Waals surface area contributed by atoms with Gasteiger partial charge in [0.1, 0.15) is 0 Å². The van der Waals surface area contributed by atoms with Gasteiger partial charge in [0.05, 0.1) is 15.4 Å². The molecule has 0 saturated heterocycles. The number of oxazole rings is 1. The smallest absolute Gasteiger partial charge is 0.408 e. The molecule has 0 aliphatic carbocycles. The molecule has 0 atom stereocenters. The maximum atomic E-state index is 11.1. The van der Waals surface area contributed by atoms with Crippen LogP contribution in [0.1, 0.15) is 5.01 Å². The van der Waals surface area contributed by atoms with E-state index in [4.69, 9.17) is 10.2 Å². The van der Waals surface area contributed by atoms with Crippen LogP contribution in [0.25, 0.3) is 21.5 Å². The lowest BCUT2D eigenvalue weighted by Crippen LogP contribution is -2.01. The molecule has 0 aliphatic heterocycles. The molecule has 0 fully saturated rings. The van der Waals surface area contributed by atoms with Crippen LogP contribution in [-0.4, -0.2) is 16.5 Å². The molecule has 0 bridgehead atoms. The predicted molar refractivity (Wildman–Crippen MR) is 70.7 cm³/mol. The van der Waals surface area contributed by atoms with E-state index in [1.807, 2.05) is 18.3 Å². The Morgan fingerprint density at radius 1 is 1.44 bits per heavy atom. The zero-order chi connectivity index (χ0) is 12.5. The van der Waals surface area contributed by atoms with E-state index in [2.05, 4.69) is 9.97 Å². The van der Waals surface area contributed by atoms with Crippen LogP contribution in [0.4, 0.5) is 0 Å². The van der Waals surface area contributed by atoms with Crippen molar-refractivity contribution in [2.75, 3.05) is 6.54 Å². The Balaban J connectivity index is 2.04. The van der Waals surface area contributed by atoms with E-state index in [1.165, 1.54) is 0 Å². The highest BCUT2D eigenvalue weighted by atomic mass is 32.1. The first-order chi connectivity index (χ1) is 8.76. The summed E-state index contributed by atoms with van der Waals surface area (Å²) in [6, 6.07) is 5.59. The van der Waals surface area contributed by atoms with Crippen LogP contribution in [0.2, 0.25) is 0 Å². The van der Waals surface area contributed by atoms with Gasteiger partial charge in [0.2, 0.25) is 0 Å². The number of hydrogen-bond acceptors (Lipinski definition) is 5. The molecule has 0 aliphatic rings. The summed E-state index contributed by atoms with van der Waals surface area (Å²) in [6.07, 6.45) is 2.62. The van der Waals surface area contributed by atoms with Crippen LogP contribution < -0.4 is 11.5 Å². The second kappa shape index (κ2) is 4.40. The maximum Gasteiger partial charge on any atom is 0.417 e. The van der Waals surface area contributed by atoms with E-state index in [-0.39, 0.29) is 0 Å². The fourth-order valence-corrected chi connectivity index (χ4v) is 2.72. The number of rotatable bonds is 3. The first kappa shape index (κ1) is 11.2. The average molecular weight is 261 g/mol. The number of thiazole rings is 1. The lowest BCUT2D eigenvalue weighted by Gasteiger charge is -1.95. The highest BCUT2D eigenvalue weighted by Gasteiger charge is 2.07. The number of H-pyrrole nitrogens is 1. The van der Waals surface area contributed by atoms with Gasteiger partial charge in [-0.2, -0.15) is 0 Å². The van der Waals surface area contributed by atoms with Crippen molar-refractivity contribution >= 4 is 22.4 Å². The van der Waals surface area contributed by atoms with Crippen LogP contribution >= 0.6 is 11.3 Å². The summed E-state index contributed by atoms with van der Waals surface area (Å²) in [5.41, 5.74) is 7.78. The molecular weight excluding hydrogens is 250 g/mol. The second-order valence-corrected chi connectivity index (χ2v) is 5.00. The van der Waals surface area contributed by atoms with Gasteiger partial charge in [0.25, 0.3) is 0 Å². The Labute approximate surface area is 106 Å². The largest absolute Gasteiger partial charge is 0.417 e. The summed E-state index contributed by atoms with van der Waals surface area (Å²) in [5, 5.41) is 1.02. The fourth-order valence-electron chi connectivity index (χ4n) is 1.79. The number of fused-ring (bicyclic) bond motifs is 1. The van der Waals surface area contributed by atoms with Crippen molar-refractivity contribution in [3.05, 3.63) is 40.0 Å². The van der Waals surface area contributed by atoms with Gasteiger partial charge >= 0.3 is 5.76 Å².